The number of rotatable bonds is 3. The lowest BCUT2D eigenvalue weighted by molar-refractivity contribution is 0.0449. The van der Waals surface area contributed by atoms with E-state index in [9.17, 15) is 0 Å². The number of fused-ring (bicyclic) bond motifs is 1. The number of hydrogen-bond donors (Lipinski definition) is 1. The Morgan fingerprint density at radius 1 is 1.04 bits per heavy atom. The Bertz CT molecular complexity index is 781. The van der Waals surface area contributed by atoms with Crippen LogP contribution in [0.3, 0.4) is 0 Å². The molecule has 4 rings (SSSR count). The van der Waals surface area contributed by atoms with Gasteiger partial charge >= 0.3 is 0 Å². The zero-order chi connectivity index (χ0) is 17.1. The lowest BCUT2D eigenvalue weighted by Crippen LogP contribution is -2.46. The van der Waals surface area contributed by atoms with Crippen LogP contribution in [0.5, 0.6) is 0 Å². The minimum atomic E-state index is 0.0904. The molecule has 2 heterocycles. The van der Waals surface area contributed by atoms with Crippen molar-refractivity contribution in [1.29, 1.82) is 0 Å². The highest BCUT2D eigenvalue weighted by Gasteiger charge is 2.41. The fourth-order valence-corrected chi connectivity index (χ4v) is 4.11. The fourth-order valence-electron chi connectivity index (χ4n) is 3.88. The summed E-state index contributed by atoms with van der Waals surface area (Å²) in [6.07, 6.45) is 3.96. The third kappa shape index (κ3) is 3.44. The van der Waals surface area contributed by atoms with Crippen LogP contribution in [-0.4, -0.2) is 25.6 Å². The number of nitrogens with one attached hydrogen (secondary N) is 1. The third-order valence-corrected chi connectivity index (χ3v) is 5.73. The van der Waals surface area contributed by atoms with E-state index in [-0.39, 0.29) is 5.41 Å². The highest BCUT2D eigenvalue weighted by Crippen LogP contribution is 2.41. The minimum absolute atomic E-state index is 0.0904. The van der Waals surface area contributed by atoms with Crippen molar-refractivity contribution in [3.8, 4) is 0 Å². The van der Waals surface area contributed by atoms with Crippen molar-refractivity contribution in [3.05, 3.63) is 64.7 Å². The standard InChI is InChI=1S/C21H23ClN2O/c22-18-7-3-1-5-16(18)9-12-23-20-21(10-13-25-14-11-21)15-17-6-2-4-8-19(17)24-20/h1-8H,9-15H2,(H,23,24). The lowest BCUT2D eigenvalue weighted by atomic mass is 9.71. The Balaban J connectivity index is 1.58. The first-order valence-electron chi connectivity index (χ1n) is 8.98. The number of nitrogens with zero attached hydrogens (tertiary/aromatic N) is 1. The molecule has 1 N–H and O–H groups in total. The number of anilines is 1. The van der Waals surface area contributed by atoms with Crippen molar-refractivity contribution in [3.63, 3.8) is 0 Å². The topological polar surface area (TPSA) is 33.6 Å². The van der Waals surface area contributed by atoms with Crippen LogP contribution in [0.15, 0.2) is 53.5 Å². The normalized spacial score (nSPS) is 20.3. The van der Waals surface area contributed by atoms with Gasteiger partial charge in [-0.05, 0) is 48.9 Å². The van der Waals surface area contributed by atoms with Crippen molar-refractivity contribution >= 4 is 23.1 Å². The van der Waals surface area contributed by atoms with Crippen LogP contribution in [0.25, 0.3) is 0 Å². The van der Waals surface area contributed by atoms with Gasteiger partial charge in [0.25, 0.3) is 0 Å². The van der Waals surface area contributed by atoms with E-state index in [1.165, 1.54) is 11.3 Å². The van der Waals surface area contributed by atoms with Gasteiger partial charge in [-0.1, -0.05) is 48.0 Å². The first-order valence-corrected chi connectivity index (χ1v) is 9.36. The van der Waals surface area contributed by atoms with Gasteiger partial charge in [0.1, 0.15) is 5.84 Å². The van der Waals surface area contributed by atoms with Crippen LogP contribution in [0, 0.1) is 5.41 Å². The van der Waals surface area contributed by atoms with Crippen molar-refractivity contribution < 1.29 is 4.74 Å². The molecule has 1 spiro atoms. The first-order chi connectivity index (χ1) is 12.3. The molecule has 130 valence electrons. The van der Waals surface area contributed by atoms with E-state index >= 15 is 0 Å². The maximum atomic E-state index is 6.27. The molecule has 2 aliphatic rings. The summed E-state index contributed by atoms with van der Waals surface area (Å²) < 4.78 is 5.62. The summed E-state index contributed by atoms with van der Waals surface area (Å²) >= 11 is 6.27. The quantitative estimate of drug-likeness (QED) is 0.863. The summed E-state index contributed by atoms with van der Waals surface area (Å²) in [6, 6.07) is 16.6. The third-order valence-electron chi connectivity index (χ3n) is 5.36. The lowest BCUT2D eigenvalue weighted by Gasteiger charge is -2.42. The van der Waals surface area contributed by atoms with E-state index in [0.717, 1.165) is 61.9 Å². The molecule has 2 aromatic rings. The summed E-state index contributed by atoms with van der Waals surface area (Å²) in [5, 5.41) is 4.44. The molecule has 0 amide bonds. The van der Waals surface area contributed by atoms with Crippen LogP contribution in [0.2, 0.25) is 5.02 Å². The second-order valence-corrected chi connectivity index (χ2v) is 7.33. The molecule has 3 nitrogen and oxygen atoms in total. The average molecular weight is 355 g/mol. The molecule has 4 heteroatoms. The number of ether oxygens (including phenoxy) is 1. The van der Waals surface area contributed by atoms with E-state index in [2.05, 4.69) is 35.6 Å². The Kier molecular flexibility index (Phi) is 4.78. The monoisotopic (exact) mass is 354 g/mol. The van der Waals surface area contributed by atoms with Gasteiger partial charge in [-0.2, -0.15) is 0 Å². The van der Waals surface area contributed by atoms with Gasteiger partial charge in [-0.15, -0.1) is 0 Å². The van der Waals surface area contributed by atoms with Gasteiger partial charge in [-0.25, -0.2) is 0 Å². The zero-order valence-electron chi connectivity index (χ0n) is 14.3. The summed E-state index contributed by atoms with van der Waals surface area (Å²) in [6.45, 7) is 2.37. The van der Waals surface area contributed by atoms with Crippen LogP contribution in [0.1, 0.15) is 24.0 Å². The smallest absolute Gasteiger partial charge is 0.107 e. The van der Waals surface area contributed by atoms with Crippen LogP contribution in [0.4, 0.5) is 5.69 Å². The highest BCUT2D eigenvalue weighted by atomic mass is 35.5. The van der Waals surface area contributed by atoms with Gasteiger partial charge in [-0.3, -0.25) is 4.99 Å². The maximum Gasteiger partial charge on any atom is 0.107 e. The molecule has 0 bridgehead atoms. The average Bonchev–Trinajstić information content (AvgIpc) is 2.64. The molecular formula is C21H23ClN2O. The Labute approximate surface area is 154 Å². The van der Waals surface area contributed by atoms with Crippen molar-refractivity contribution in [2.24, 2.45) is 10.4 Å². The molecule has 25 heavy (non-hydrogen) atoms. The second kappa shape index (κ2) is 7.19. The minimum Gasteiger partial charge on any atom is -0.381 e. The van der Waals surface area contributed by atoms with Gasteiger partial charge in [0.05, 0.1) is 0 Å². The summed E-state index contributed by atoms with van der Waals surface area (Å²) in [5.74, 6) is 1.13. The Hall–Kier alpha value is -1.84. The second-order valence-electron chi connectivity index (χ2n) is 6.92. The van der Waals surface area contributed by atoms with Gasteiger partial charge < -0.3 is 10.1 Å². The Morgan fingerprint density at radius 3 is 2.64 bits per heavy atom. The maximum absolute atomic E-state index is 6.27. The van der Waals surface area contributed by atoms with Crippen LogP contribution >= 0.6 is 11.6 Å². The van der Waals surface area contributed by atoms with E-state index < -0.39 is 0 Å². The van der Waals surface area contributed by atoms with Crippen LogP contribution in [-0.2, 0) is 17.6 Å². The molecule has 1 fully saturated rings. The first kappa shape index (κ1) is 16.6. The molecule has 0 saturated carbocycles. The number of benzene rings is 2. The largest absolute Gasteiger partial charge is 0.381 e. The molecule has 2 aromatic carbocycles. The van der Waals surface area contributed by atoms with Crippen molar-refractivity contribution in [1.82, 2.24) is 0 Å². The van der Waals surface area contributed by atoms with E-state index in [0.29, 0.717) is 0 Å². The highest BCUT2D eigenvalue weighted by molar-refractivity contribution is 6.31. The predicted octanol–water partition coefficient (Wildman–Crippen LogP) is 4.75. The molecule has 0 aliphatic carbocycles. The molecular weight excluding hydrogens is 332 g/mol. The van der Waals surface area contributed by atoms with Gasteiger partial charge in [0, 0.05) is 35.9 Å². The predicted molar refractivity (Wildman–Crippen MR) is 104 cm³/mol. The number of para-hydroxylation sites is 1. The number of aliphatic imine (C=N–C) groups is 1. The van der Waals surface area contributed by atoms with E-state index in [1.807, 2.05) is 18.2 Å². The molecule has 1 saturated heterocycles. The summed E-state index contributed by atoms with van der Waals surface area (Å²) in [5.41, 5.74) is 3.82. The molecule has 0 radical (unpaired) electrons. The summed E-state index contributed by atoms with van der Waals surface area (Å²) in [4.78, 5) is 4.99. The number of halogens is 1. The van der Waals surface area contributed by atoms with Gasteiger partial charge in [0.15, 0.2) is 0 Å². The molecule has 2 aliphatic heterocycles. The van der Waals surface area contributed by atoms with E-state index in [1.54, 1.807) is 0 Å². The van der Waals surface area contributed by atoms with Crippen LogP contribution < -0.4 is 5.32 Å². The zero-order valence-corrected chi connectivity index (χ0v) is 15.1. The molecule has 0 unspecified atom stereocenters. The van der Waals surface area contributed by atoms with Crippen molar-refractivity contribution in [2.75, 3.05) is 25.1 Å². The molecule has 0 aromatic heterocycles. The van der Waals surface area contributed by atoms with Crippen molar-refractivity contribution in [2.45, 2.75) is 25.7 Å². The Morgan fingerprint density at radius 2 is 1.80 bits per heavy atom. The SMILES string of the molecule is Clc1ccccc1CCN=C1Nc2ccccc2CC12CCOCC2. The summed E-state index contributed by atoms with van der Waals surface area (Å²) in [7, 11) is 0. The number of amidine groups is 1. The number of hydrogen-bond acceptors (Lipinski definition) is 2. The van der Waals surface area contributed by atoms with E-state index in [4.69, 9.17) is 21.3 Å². The molecule has 0 atom stereocenters. The fraction of sp³-hybridized carbons (Fsp3) is 0.381. The van der Waals surface area contributed by atoms with Gasteiger partial charge in [0.2, 0.25) is 0 Å².